The highest BCUT2D eigenvalue weighted by Gasteiger charge is 2.26. The first-order chi connectivity index (χ1) is 28.5. The molecule has 4 aromatic carbocycles. The van der Waals surface area contributed by atoms with Crippen LogP contribution in [-0.2, 0) is 4.74 Å². The number of alkyl carbamates (subject to hydrolysis) is 1. The van der Waals surface area contributed by atoms with E-state index in [4.69, 9.17) is 15.5 Å². The van der Waals surface area contributed by atoms with Gasteiger partial charge in [0, 0.05) is 43.5 Å². The van der Waals surface area contributed by atoms with Gasteiger partial charge in [-0.1, -0.05) is 24.3 Å². The smallest absolute Gasteiger partial charge is 0.407 e. The number of aromatic hydroxyl groups is 2. The molecule has 59 heavy (non-hydrogen) atoms. The molecule has 12 nitrogen and oxygen atoms in total. The van der Waals surface area contributed by atoms with Gasteiger partial charge < -0.3 is 35.8 Å². The molecule has 4 heterocycles. The number of carbonyl (C=O) groups excluding carboxylic acids is 1. The summed E-state index contributed by atoms with van der Waals surface area (Å²) >= 11 is 0. The zero-order chi connectivity index (χ0) is 41.6. The van der Waals surface area contributed by atoms with E-state index in [-0.39, 0.29) is 40.2 Å². The van der Waals surface area contributed by atoms with Crippen LogP contribution in [0.15, 0.2) is 72.8 Å². The number of anilines is 2. The molecule has 2 aromatic heterocycles. The molecule has 8 rings (SSSR count). The number of halogens is 2. The monoisotopic (exact) mass is 804 g/mol. The van der Waals surface area contributed by atoms with Crippen LogP contribution in [0.2, 0.25) is 0 Å². The highest BCUT2D eigenvalue weighted by Crippen LogP contribution is 2.37. The average Bonchev–Trinajstić information content (AvgIpc) is 3.22. The van der Waals surface area contributed by atoms with Gasteiger partial charge in [0.25, 0.3) is 0 Å². The molecule has 1 amide bonds. The number of fused-ring (bicyclic) bond motifs is 2. The van der Waals surface area contributed by atoms with Crippen LogP contribution in [0.1, 0.15) is 43.7 Å². The number of nitrogens with two attached hydrogens (primary N) is 1. The Balaban J connectivity index is 0.000000181. The summed E-state index contributed by atoms with van der Waals surface area (Å²) in [6.07, 6.45) is 3.65. The highest BCUT2D eigenvalue weighted by molar-refractivity contribution is 5.93. The largest absolute Gasteiger partial charge is 0.507 e. The topological polar surface area (TPSA) is 163 Å². The number of hydrogen-bond donors (Lipinski definition) is 4. The van der Waals surface area contributed by atoms with Crippen molar-refractivity contribution in [3.05, 3.63) is 95.6 Å². The molecular formula is C45H50F2N8O4. The Morgan fingerprint density at radius 2 is 1.25 bits per heavy atom. The van der Waals surface area contributed by atoms with Gasteiger partial charge in [0.15, 0.2) is 11.6 Å². The van der Waals surface area contributed by atoms with Gasteiger partial charge in [0.05, 0.1) is 28.8 Å². The zero-order valence-corrected chi connectivity index (χ0v) is 33.6. The van der Waals surface area contributed by atoms with Crippen LogP contribution >= 0.6 is 0 Å². The molecule has 5 N–H and O–H groups in total. The summed E-state index contributed by atoms with van der Waals surface area (Å²) in [4.78, 5) is 34.6. The zero-order valence-electron chi connectivity index (χ0n) is 33.6. The number of piperidine rings is 2. The third-order valence-electron chi connectivity index (χ3n) is 10.9. The fourth-order valence-corrected chi connectivity index (χ4v) is 7.90. The predicted molar refractivity (Wildman–Crippen MR) is 227 cm³/mol. The van der Waals surface area contributed by atoms with E-state index in [1.165, 1.54) is 36.4 Å². The second kappa shape index (κ2) is 18.2. The first-order valence-electron chi connectivity index (χ1n) is 20.2. The van der Waals surface area contributed by atoms with E-state index >= 15 is 0 Å². The standard InChI is InChI=1S/C24H27FN4O3.C21H23FN4O/c1-3-32-24(31)26-13-16-6-5-11-29(14-16)23-17-10-9-15(2)12-19(17)27-22(28-23)21-18(25)7-4-8-20(21)30;1-13-7-8-15-17(10-13)24-20(19-16(22)5-2-6-18(19)27)25-21(15)26-9-3-4-14(11-23)12-26/h4,7-10,12,16,30H,3,5-6,11,13-14H2,1-2H3,(H,26,31);2,5-8,10,14,27H,3-4,9,11-12,23H2,1H3/t16-;14-/m00/s1. The molecule has 0 bridgehead atoms. The molecule has 0 unspecified atom stereocenters. The Morgan fingerprint density at radius 3 is 1.73 bits per heavy atom. The van der Waals surface area contributed by atoms with Crippen molar-refractivity contribution in [1.29, 1.82) is 0 Å². The molecule has 2 aliphatic heterocycles. The van der Waals surface area contributed by atoms with Crippen molar-refractivity contribution >= 4 is 39.5 Å². The number of hydrogen-bond acceptors (Lipinski definition) is 11. The van der Waals surface area contributed by atoms with Crippen LogP contribution in [0.5, 0.6) is 11.5 Å². The lowest BCUT2D eigenvalue weighted by Crippen LogP contribution is -2.41. The molecule has 0 aliphatic carbocycles. The molecule has 2 fully saturated rings. The lowest BCUT2D eigenvalue weighted by Gasteiger charge is -2.34. The number of aryl methyl sites for hydroxylation is 2. The Hall–Kier alpha value is -6.15. The van der Waals surface area contributed by atoms with Crippen molar-refractivity contribution in [2.24, 2.45) is 17.6 Å². The van der Waals surface area contributed by atoms with Crippen LogP contribution in [0.4, 0.5) is 25.2 Å². The SMILES string of the molecule is CCOC(=O)NC[C@@H]1CCCN(c2nc(-c3c(O)cccc3F)nc3cc(C)ccc23)C1.Cc1ccc2c(N3CCC[C@@H](CN)C3)nc(-c3c(O)cccc3F)nc2c1. The fraction of sp³-hybridized carbons (Fsp3) is 0.356. The van der Waals surface area contributed by atoms with Gasteiger partial charge >= 0.3 is 6.09 Å². The molecule has 14 heteroatoms. The van der Waals surface area contributed by atoms with Crippen LogP contribution in [-0.4, -0.2) is 82.1 Å². The van der Waals surface area contributed by atoms with E-state index in [9.17, 15) is 23.8 Å². The lowest BCUT2D eigenvalue weighted by atomic mass is 9.97. The number of aromatic nitrogens is 4. The summed E-state index contributed by atoms with van der Waals surface area (Å²) in [7, 11) is 0. The molecule has 2 saturated heterocycles. The number of amides is 1. The van der Waals surface area contributed by atoms with Gasteiger partial charge in [-0.15, -0.1) is 0 Å². The van der Waals surface area contributed by atoms with E-state index in [0.29, 0.717) is 43.5 Å². The quantitative estimate of drug-likeness (QED) is 0.118. The van der Waals surface area contributed by atoms with Gasteiger partial charge in [-0.3, -0.25) is 0 Å². The van der Waals surface area contributed by atoms with Crippen LogP contribution < -0.4 is 20.9 Å². The number of phenols is 2. The van der Waals surface area contributed by atoms with Crippen molar-refractivity contribution in [1.82, 2.24) is 25.3 Å². The minimum absolute atomic E-state index is 0.00491. The second-order valence-electron chi connectivity index (χ2n) is 15.3. The molecule has 0 radical (unpaired) electrons. The number of benzene rings is 4. The van der Waals surface area contributed by atoms with Crippen molar-refractivity contribution in [2.45, 2.75) is 46.5 Å². The normalized spacial score (nSPS) is 16.8. The Labute approximate surface area is 342 Å². The number of ether oxygens (including phenoxy) is 1. The summed E-state index contributed by atoms with van der Waals surface area (Å²) in [5.41, 5.74) is 9.46. The number of nitrogens with zero attached hydrogens (tertiary/aromatic N) is 6. The number of carbonyl (C=O) groups is 1. The number of nitrogens with one attached hydrogen (secondary N) is 1. The van der Waals surface area contributed by atoms with E-state index in [2.05, 4.69) is 30.1 Å². The van der Waals surface area contributed by atoms with Crippen LogP contribution in [0.3, 0.4) is 0 Å². The summed E-state index contributed by atoms with van der Waals surface area (Å²) in [5, 5.41) is 25.1. The van der Waals surface area contributed by atoms with Crippen LogP contribution in [0.25, 0.3) is 44.6 Å². The number of rotatable bonds is 8. The van der Waals surface area contributed by atoms with Gasteiger partial charge in [-0.05, 0) is 124 Å². The molecule has 308 valence electrons. The van der Waals surface area contributed by atoms with Gasteiger partial charge in [-0.25, -0.2) is 33.5 Å². The van der Waals surface area contributed by atoms with Crippen molar-refractivity contribution in [3.63, 3.8) is 0 Å². The van der Waals surface area contributed by atoms with Crippen molar-refractivity contribution in [2.75, 3.05) is 55.7 Å². The minimum atomic E-state index is -0.571. The summed E-state index contributed by atoms with van der Waals surface area (Å²) in [6.45, 7) is 10.4. The molecule has 2 aliphatic rings. The minimum Gasteiger partial charge on any atom is -0.507 e. The highest BCUT2D eigenvalue weighted by atomic mass is 19.1. The molecule has 6 aromatic rings. The Bertz CT molecular complexity index is 2430. The van der Waals surface area contributed by atoms with E-state index in [1.54, 1.807) is 6.92 Å². The Morgan fingerprint density at radius 1 is 0.763 bits per heavy atom. The number of phenolic OH excluding ortho intramolecular Hbond substituents is 2. The van der Waals surface area contributed by atoms with Gasteiger partial charge in [0.1, 0.15) is 34.8 Å². The van der Waals surface area contributed by atoms with E-state index in [0.717, 1.165) is 78.6 Å². The second-order valence-corrected chi connectivity index (χ2v) is 15.3. The van der Waals surface area contributed by atoms with E-state index < -0.39 is 17.7 Å². The maximum atomic E-state index is 14.6. The van der Waals surface area contributed by atoms with Gasteiger partial charge in [-0.2, -0.15) is 0 Å². The first kappa shape index (κ1) is 41.0. The summed E-state index contributed by atoms with van der Waals surface area (Å²) < 4.78 is 34.0. The third kappa shape index (κ3) is 9.28. The average molecular weight is 805 g/mol. The first-order valence-corrected chi connectivity index (χ1v) is 20.2. The van der Waals surface area contributed by atoms with E-state index in [1.807, 2.05) is 50.2 Å². The third-order valence-corrected chi connectivity index (χ3v) is 10.9. The summed E-state index contributed by atoms with van der Waals surface area (Å²) in [6, 6.07) is 20.3. The molecule has 0 spiro atoms. The summed E-state index contributed by atoms with van der Waals surface area (Å²) in [5.74, 6) is 1.01. The Kier molecular flexibility index (Phi) is 12.6. The van der Waals surface area contributed by atoms with Gasteiger partial charge in [0.2, 0.25) is 0 Å². The predicted octanol–water partition coefficient (Wildman–Crippen LogP) is 8.04. The maximum absolute atomic E-state index is 14.6. The molecule has 2 atom stereocenters. The maximum Gasteiger partial charge on any atom is 0.407 e. The molecular weight excluding hydrogens is 755 g/mol. The van der Waals surface area contributed by atoms with Crippen LogP contribution in [0, 0.1) is 37.3 Å². The molecule has 0 saturated carbocycles. The fourth-order valence-electron chi connectivity index (χ4n) is 7.90. The lowest BCUT2D eigenvalue weighted by molar-refractivity contribution is 0.150. The van der Waals surface area contributed by atoms with Crippen molar-refractivity contribution < 1.29 is 28.5 Å². The van der Waals surface area contributed by atoms with Crippen molar-refractivity contribution in [3.8, 4) is 34.3 Å².